The molecule has 3 aromatic rings. The van der Waals surface area contributed by atoms with Gasteiger partial charge in [-0.1, -0.05) is 30.3 Å². The highest BCUT2D eigenvalue weighted by molar-refractivity contribution is 5.81. The van der Waals surface area contributed by atoms with E-state index in [1.807, 2.05) is 34.6 Å². The van der Waals surface area contributed by atoms with Crippen LogP contribution in [0, 0.1) is 0 Å². The number of nitrogens with zero attached hydrogens (tertiary/aromatic N) is 7. The molecular weight excluding hydrogens is 318 g/mol. The molecule has 0 bridgehead atoms. The highest BCUT2D eigenvalue weighted by atomic mass is 16.2. The molecule has 1 atom stereocenters. The van der Waals surface area contributed by atoms with Crippen LogP contribution in [0.4, 0.5) is 0 Å². The van der Waals surface area contributed by atoms with E-state index in [1.165, 1.54) is 11.9 Å². The lowest BCUT2D eigenvalue weighted by atomic mass is 10.1. The largest absolute Gasteiger partial charge is 0.333 e. The summed E-state index contributed by atoms with van der Waals surface area (Å²) in [5.41, 5.74) is 1.22. The van der Waals surface area contributed by atoms with Gasteiger partial charge >= 0.3 is 0 Å². The van der Waals surface area contributed by atoms with Gasteiger partial charge in [-0.15, -0.1) is 10.2 Å². The smallest absolute Gasteiger partial charge is 0.245 e. The molecule has 0 unspecified atom stereocenters. The molecule has 0 radical (unpaired) electrons. The molecule has 0 fully saturated rings. The van der Waals surface area contributed by atoms with Crippen molar-refractivity contribution in [1.82, 2.24) is 34.4 Å². The Morgan fingerprint density at radius 1 is 1.20 bits per heavy atom. The Hall–Kier alpha value is -3.03. The van der Waals surface area contributed by atoms with Crippen molar-refractivity contribution in [2.75, 3.05) is 6.54 Å². The van der Waals surface area contributed by atoms with Crippen LogP contribution in [0.5, 0.6) is 0 Å². The minimum absolute atomic E-state index is 0.100. The van der Waals surface area contributed by atoms with E-state index in [1.54, 1.807) is 11.0 Å². The summed E-state index contributed by atoms with van der Waals surface area (Å²) in [7, 11) is 0. The summed E-state index contributed by atoms with van der Waals surface area (Å²) < 4.78 is 3.60. The van der Waals surface area contributed by atoms with Crippen molar-refractivity contribution in [2.24, 2.45) is 0 Å². The number of fused-ring (bicyclic) bond motifs is 1. The molecule has 0 spiro atoms. The molecule has 8 heteroatoms. The summed E-state index contributed by atoms with van der Waals surface area (Å²) in [6, 6.07) is 9.88. The fourth-order valence-corrected chi connectivity index (χ4v) is 3.20. The van der Waals surface area contributed by atoms with Gasteiger partial charge in [0.2, 0.25) is 5.91 Å². The SMILES string of the molecule is C[C@@H]1C(=O)N(CCc2ccccc2)Cc2nnc(Cn3cncn3)n21. The van der Waals surface area contributed by atoms with Crippen LogP contribution >= 0.6 is 0 Å². The second kappa shape index (κ2) is 6.46. The number of benzene rings is 1. The van der Waals surface area contributed by atoms with Gasteiger partial charge in [0, 0.05) is 6.54 Å². The van der Waals surface area contributed by atoms with E-state index in [-0.39, 0.29) is 11.9 Å². The van der Waals surface area contributed by atoms with E-state index in [0.717, 1.165) is 18.1 Å². The third kappa shape index (κ3) is 3.02. The highest BCUT2D eigenvalue weighted by Crippen LogP contribution is 2.23. The van der Waals surface area contributed by atoms with E-state index >= 15 is 0 Å². The van der Waals surface area contributed by atoms with Crippen molar-refractivity contribution in [3.8, 4) is 0 Å². The number of rotatable bonds is 5. The first-order valence-corrected chi connectivity index (χ1v) is 8.30. The molecular formula is C17H19N7O. The average Bonchev–Trinajstić information content (AvgIpc) is 3.28. The third-order valence-electron chi connectivity index (χ3n) is 4.51. The number of amides is 1. The number of hydrogen-bond acceptors (Lipinski definition) is 5. The van der Waals surface area contributed by atoms with Gasteiger partial charge in [-0.05, 0) is 18.9 Å². The molecule has 8 nitrogen and oxygen atoms in total. The van der Waals surface area contributed by atoms with Gasteiger partial charge in [0.1, 0.15) is 25.2 Å². The standard InChI is InChI=1S/C17H19N7O/c1-13-17(25)22(8-7-14-5-3-2-4-6-14)9-15-20-21-16(24(13)15)10-23-12-18-11-19-23/h2-6,11-13H,7-10H2,1H3/t13-/m1/s1. The fraction of sp³-hybridized carbons (Fsp3) is 0.353. The molecule has 128 valence electrons. The first kappa shape index (κ1) is 15.5. The maximum absolute atomic E-state index is 12.8. The summed E-state index contributed by atoms with van der Waals surface area (Å²) in [6.45, 7) is 3.52. The van der Waals surface area contributed by atoms with Gasteiger partial charge in [-0.2, -0.15) is 5.10 Å². The van der Waals surface area contributed by atoms with Gasteiger partial charge in [0.25, 0.3) is 0 Å². The summed E-state index contributed by atoms with van der Waals surface area (Å²) in [5, 5.41) is 12.6. The van der Waals surface area contributed by atoms with Crippen LogP contribution in [0.25, 0.3) is 0 Å². The average molecular weight is 337 g/mol. The summed E-state index contributed by atoms with van der Waals surface area (Å²) in [4.78, 5) is 18.6. The van der Waals surface area contributed by atoms with Crippen LogP contribution in [0.3, 0.4) is 0 Å². The zero-order valence-electron chi connectivity index (χ0n) is 14.0. The van der Waals surface area contributed by atoms with Crippen molar-refractivity contribution in [3.63, 3.8) is 0 Å². The first-order valence-electron chi connectivity index (χ1n) is 8.30. The number of carbonyl (C=O) groups is 1. The molecule has 0 saturated heterocycles. The zero-order valence-corrected chi connectivity index (χ0v) is 14.0. The first-order chi connectivity index (χ1) is 12.2. The van der Waals surface area contributed by atoms with Crippen molar-refractivity contribution >= 4 is 5.91 Å². The van der Waals surface area contributed by atoms with Gasteiger partial charge in [-0.25, -0.2) is 9.67 Å². The fourth-order valence-electron chi connectivity index (χ4n) is 3.20. The molecule has 2 aromatic heterocycles. The predicted octanol–water partition coefficient (Wildman–Crippen LogP) is 1.06. The van der Waals surface area contributed by atoms with Crippen molar-refractivity contribution in [1.29, 1.82) is 0 Å². The molecule has 4 rings (SSSR count). The predicted molar refractivity (Wildman–Crippen MR) is 89.4 cm³/mol. The lowest BCUT2D eigenvalue weighted by Gasteiger charge is -2.32. The molecule has 0 saturated carbocycles. The van der Waals surface area contributed by atoms with E-state index in [4.69, 9.17) is 0 Å². The normalized spacial score (nSPS) is 16.9. The summed E-state index contributed by atoms with van der Waals surface area (Å²) in [6.07, 6.45) is 3.94. The van der Waals surface area contributed by atoms with Crippen molar-refractivity contribution in [3.05, 3.63) is 60.2 Å². The minimum Gasteiger partial charge on any atom is -0.333 e. The van der Waals surface area contributed by atoms with Crippen LogP contribution in [0.15, 0.2) is 43.0 Å². The van der Waals surface area contributed by atoms with Crippen molar-refractivity contribution in [2.45, 2.75) is 32.5 Å². The quantitative estimate of drug-likeness (QED) is 0.695. The Morgan fingerprint density at radius 3 is 2.80 bits per heavy atom. The maximum atomic E-state index is 12.8. The molecule has 1 aromatic carbocycles. The summed E-state index contributed by atoms with van der Waals surface area (Å²) >= 11 is 0. The Bertz CT molecular complexity index is 857. The van der Waals surface area contributed by atoms with Crippen LogP contribution in [0.1, 0.15) is 30.2 Å². The maximum Gasteiger partial charge on any atom is 0.245 e. The molecule has 1 amide bonds. The highest BCUT2D eigenvalue weighted by Gasteiger charge is 2.32. The monoisotopic (exact) mass is 337 g/mol. The van der Waals surface area contributed by atoms with Gasteiger partial charge in [-0.3, -0.25) is 9.36 Å². The Morgan fingerprint density at radius 2 is 2.04 bits per heavy atom. The van der Waals surface area contributed by atoms with E-state index in [2.05, 4.69) is 32.4 Å². The molecule has 0 aliphatic carbocycles. The van der Waals surface area contributed by atoms with Crippen LogP contribution < -0.4 is 0 Å². The molecule has 25 heavy (non-hydrogen) atoms. The van der Waals surface area contributed by atoms with Crippen molar-refractivity contribution < 1.29 is 4.79 Å². The second-order valence-corrected chi connectivity index (χ2v) is 6.17. The topological polar surface area (TPSA) is 81.7 Å². The lowest BCUT2D eigenvalue weighted by molar-refractivity contribution is -0.137. The number of carbonyl (C=O) groups excluding carboxylic acids is 1. The van der Waals surface area contributed by atoms with Crippen LogP contribution in [0.2, 0.25) is 0 Å². The molecule has 0 N–H and O–H groups in total. The van der Waals surface area contributed by atoms with Crippen LogP contribution in [-0.2, 0) is 24.3 Å². The van der Waals surface area contributed by atoms with Gasteiger partial charge in [0.05, 0.1) is 6.54 Å². The molecule has 1 aliphatic heterocycles. The van der Waals surface area contributed by atoms with Gasteiger partial charge < -0.3 is 4.90 Å². The second-order valence-electron chi connectivity index (χ2n) is 6.17. The van der Waals surface area contributed by atoms with E-state index in [0.29, 0.717) is 19.6 Å². The van der Waals surface area contributed by atoms with E-state index < -0.39 is 0 Å². The number of hydrogen-bond donors (Lipinski definition) is 0. The minimum atomic E-state index is -0.312. The number of aromatic nitrogens is 6. The molecule has 3 heterocycles. The Kier molecular flexibility index (Phi) is 4.01. The lowest BCUT2D eigenvalue weighted by Crippen LogP contribution is -2.43. The van der Waals surface area contributed by atoms with E-state index in [9.17, 15) is 4.79 Å². The van der Waals surface area contributed by atoms with Crippen LogP contribution in [-0.4, -0.2) is 46.9 Å². The molecule has 1 aliphatic rings. The Balaban J connectivity index is 1.51. The third-order valence-corrected chi connectivity index (χ3v) is 4.51. The summed E-state index contributed by atoms with van der Waals surface area (Å²) in [5.74, 6) is 1.64. The zero-order chi connectivity index (χ0) is 17.2. The Labute approximate surface area is 145 Å². The van der Waals surface area contributed by atoms with Gasteiger partial charge in [0.15, 0.2) is 11.6 Å².